The molecule has 0 atom stereocenters. The normalized spacial score (nSPS) is 10.5. The van der Waals surface area contributed by atoms with Crippen molar-refractivity contribution in [3.8, 4) is 22.9 Å². The van der Waals surface area contributed by atoms with Gasteiger partial charge in [-0.3, -0.25) is 0 Å². The number of halogens is 3. The quantitative estimate of drug-likeness (QED) is 0.825. The number of aromatic nitrogens is 2. The van der Waals surface area contributed by atoms with Crippen molar-refractivity contribution in [2.24, 2.45) is 0 Å². The number of rotatable bonds is 3. The third-order valence-electron chi connectivity index (χ3n) is 2.29. The molecule has 0 saturated carbocycles. The van der Waals surface area contributed by atoms with E-state index in [4.69, 9.17) is 27.9 Å². The third-order valence-corrected chi connectivity index (χ3v) is 4.04. The molecule has 1 heterocycles. The molecule has 1 N–H and O–H groups in total. The molecule has 1 aromatic heterocycles. The molecule has 2 rings (SSSR count). The highest BCUT2D eigenvalue weighted by Gasteiger charge is 2.12. The first kappa shape index (κ1) is 14.4. The molecule has 7 heteroatoms. The van der Waals surface area contributed by atoms with E-state index in [9.17, 15) is 5.11 Å². The van der Waals surface area contributed by atoms with Crippen LogP contribution >= 0.6 is 39.1 Å². The topological polar surface area (TPSA) is 55.2 Å². The van der Waals surface area contributed by atoms with E-state index in [-0.39, 0.29) is 16.1 Å². The van der Waals surface area contributed by atoms with Crippen LogP contribution in [0.4, 0.5) is 0 Å². The van der Waals surface area contributed by atoms with Crippen LogP contribution in [-0.2, 0) is 0 Å². The summed E-state index contributed by atoms with van der Waals surface area (Å²) in [5.74, 6) is 0.776. The second kappa shape index (κ2) is 5.94. The molecule has 0 fully saturated rings. The lowest BCUT2D eigenvalue weighted by Crippen LogP contribution is -1.95. The Bertz CT molecular complexity index is 600. The highest BCUT2D eigenvalue weighted by atomic mass is 79.9. The summed E-state index contributed by atoms with van der Waals surface area (Å²) in [6, 6.07) is 4.80. The minimum absolute atomic E-state index is 0.0555. The summed E-state index contributed by atoms with van der Waals surface area (Å²) in [7, 11) is 0. The van der Waals surface area contributed by atoms with Crippen LogP contribution in [0.3, 0.4) is 0 Å². The fourth-order valence-corrected chi connectivity index (χ4v) is 2.01. The van der Waals surface area contributed by atoms with Crippen molar-refractivity contribution in [2.45, 2.75) is 6.92 Å². The minimum atomic E-state index is 0.0555. The molecular weight excluding hydrogens is 355 g/mol. The Balaban J connectivity index is 2.50. The van der Waals surface area contributed by atoms with Crippen LogP contribution in [0.15, 0.2) is 22.7 Å². The molecule has 0 spiro atoms. The first-order chi connectivity index (χ1) is 9.02. The fraction of sp³-hybridized carbons (Fsp3) is 0.167. The van der Waals surface area contributed by atoms with Gasteiger partial charge >= 0.3 is 0 Å². The van der Waals surface area contributed by atoms with Gasteiger partial charge in [0.05, 0.1) is 11.1 Å². The summed E-state index contributed by atoms with van der Waals surface area (Å²) in [5, 5.41) is 10.1. The first-order valence-corrected chi connectivity index (χ1v) is 6.92. The van der Waals surface area contributed by atoms with Gasteiger partial charge < -0.3 is 9.84 Å². The number of phenolic OH excluding ortho intramolecular Hbond substituents is 1. The number of ether oxygens (including phenoxy) is 1. The molecule has 2 aromatic rings. The third kappa shape index (κ3) is 3.11. The zero-order chi connectivity index (χ0) is 14.0. The average molecular weight is 364 g/mol. The molecule has 0 aliphatic rings. The lowest BCUT2D eigenvalue weighted by molar-refractivity contribution is 0.318. The molecule has 100 valence electrons. The molecule has 0 bridgehead atoms. The van der Waals surface area contributed by atoms with E-state index in [0.717, 1.165) is 0 Å². The van der Waals surface area contributed by atoms with E-state index in [1.165, 1.54) is 6.07 Å². The highest BCUT2D eigenvalue weighted by molar-refractivity contribution is 9.10. The van der Waals surface area contributed by atoms with Gasteiger partial charge in [0, 0.05) is 5.56 Å². The Morgan fingerprint density at radius 1 is 1.26 bits per heavy atom. The second-order valence-electron chi connectivity index (χ2n) is 3.56. The zero-order valence-corrected chi connectivity index (χ0v) is 12.9. The van der Waals surface area contributed by atoms with E-state index in [0.29, 0.717) is 28.2 Å². The maximum absolute atomic E-state index is 9.64. The SMILES string of the molecule is CCOc1cc(-c2nc(Cl)c(Br)c(Cl)n2)ccc1O. The summed E-state index contributed by atoms with van der Waals surface area (Å²) in [4.78, 5) is 8.24. The number of phenols is 1. The monoisotopic (exact) mass is 362 g/mol. The summed E-state index contributed by atoms with van der Waals surface area (Å²) in [6.07, 6.45) is 0. The number of hydrogen-bond acceptors (Lipinski definition) is 4. The van der Waals surface area contributed by atoms with E-state index < -0.39 is 0 Å². The molecular formula is C12H9BrCl2N2O2. The summed E-state index contributed by atoms with van der Waals surface area (Å²) in [5.41, 5.74) is 0.651. The molecule has 19 heavy (non-hydrogen) atoms. The fourth-order valence-electron chi connectivity index (χ4n) is 1.45. The van der Waals surface area contributed by atoms with Gasteiger partial charge in [0.15, 0.2) is 17.3 Å². The number of benzene rings is 1. The standard InChI is InChI=1S/C12H9BrCl2N2O2/c1-2-19-8-5-6(3-4-7(8)18)12-16-10(14)9(13)11(15)17-12/h3-5,18H,2H2,1H3. The molecule has 4 nitrogen and oxygen atoms in total. The highest BCUT2D eigenvalue weighted by Crippen LogP contribution is 2.33. The second-order valence-corrected chi connectivity index (χ2v) is 5.07. The van der Waals surface area contributed by atoms with Crippen molar-refractivity contribution >= 4 is 39.1 Å². The Morgan fingerprint density at radius 3 is 2.47 bits per heavy atom. The van der Waals surface area contributed by atoms with Crippen molar-refractivity contribution in [2.75, 3.05) is 6.61 Å². The van der Waals surface area contributed by atoms with Gasteiger partial charge in [0.2, 0.25) is 0 Å². The van der Waals surface area contributed by atoms with E-state index >= 15 is 0 Å². The molecule has 0 saturated heterocycles. The van der Waals surface area contributed by atoms with Crippen LogP contribution in [0.2, 0.25) is 10.3 Å². The predicted octanol–water partition coefficient (Wildman–Crippen LogP) is 4.32. The van der Waals surface area contributed by atoms with Gasteiger partial charge in [-0.1, -0.05) is 23.2 Å². The van der Waals surface area contributed by atoms with Crippen LogP contribution in [0, 0.1) is 0 Å². The minimum Gasteiger partial charge on any atom is -0.504 e. The van der Waals surface area contributed by atoms with Crippen molar-refractivity contribution < 1.29 is 9.84 Å². The van der Waals surface area contributed by atoms with Gasteiger partial charge in [-0.05, 0) is 41.1 Å². The molecule has 0 aliphatic heterocycles. The summed E-state index contributed by atoms with van der Waals surface area (Å²) >= 11 is 15.1. The van der Waals surface area contributed by atoms with E-state index in [2.05, 4.69) is 25.9 Å². The Labute approximate surface area is 128 Å². The number of hydrogen-bond donors (Lipinski definition) is 1. The molecule has 0 amide bonds. The summed E-state index contributed by atoms with van der Waals surface area (Å²) < 4.78 is 5.75. The largest absolute Gasteiger partial charge is 0.504 e. The van der Waals surface area contributed by atoms with Crippen LogP contribution in [-0.4, -0.2) is 21.7 Å². The maximum atomic E-state index is 9.64. The summed E-state index contributed by atoms with van der Waals surface area (Å²) in [6.45, 7) is 2.27. The van der Waals surface area contributed by atoms with Crippen LogP contribution in [0.25, 0.3) is 11.4 Å². The van der Waals surface area contributed by atoms with E-state index in [1.807, 2.05) is 6.92 Å². The van der Waals surface area contributed by atoms with Gasteiger partial charge in [-0.2, -0.15) is 0 Å². The average Bonchev–Trinajstić information content (AvgIpc) is 2.38. The van der Waals surface area contributed by atoms with Crippen LogP contribution in [0.1, 0.15) is 6.92 Å². The Kier molecular flexibility index (Phi) is 4.50. The van der Waals surface area contributed by atoms with Gasteiger partial charge in [0.1, 0.15) is 10.3 Å². The van der Waals surface area contributed by atoms with Crippen molar-refractivity contribution in [3.63, 3.8) is 0 Å². The van der Waals surface area contributed by atoms with Crippen LogP contribution in [0.5, 0.6) is 11.5 Å². The predicted molar refractivity (Wildman–Crippen MR) is 78.0 cm³/mol. The number of aromatic hydroxyl groups is 1. The van der Waals surface area contributed by atoms with Gasteiger partial charge in [-0.25, -0.2) is 9.97 Å². The number of nitrogens with zero attached hydrogens (tertiary/aromatic N) is 2. The maximum Gasteiger partial charge on any atom is 0.162 e. The smallest absolute Gasteiger partial charge is 0.162 e. The van der Waals surface area contributed by atoms with Crippen molar-refractivity contribution in [1.82, 2.24) is 9.97 Å². The molecule has 0 aliphatic carbocycles. The molecule has 0 radical (unpaired) electrons. The van der Waals surface area contributed by atoms with Crippen molar-refractivity contribution in [3.05, 3.63) is 33.0 Å². The van der Waals surface area contributed by atoms with E-state index in [1.54, 1.807) is 12.1 Å². The zero-order valence-electron chi connectivity index (χ0n) is 9.82. The first-order valence-electron chi connectivity index (χ1n) is 5.37. The molecule has 0 unspecified atom stereocenters. The Morgan fingerprint density at radius 2 is 1.89 bits per heavy atom. The van der Waals surface area contributed by atoms with Crippen molar-refractivity contribution in [1.29, 1.82) is 0 Å². The lowest BCUT2D eigenvalue weighted by atomic mass is 10.2. The lowest BCUT2D eigenvalue weighted by Gasteiger charge is -2.08. The van der Waals surface area contributed by atoms with Crippen LogP contribution < -0.4 is 4.74 Å². The Hall–Kier alpha value is -1.04. The van der Waals surface area contributed by atoms with Gasteiger partial charge in [-0.15, -0.1) is 0 Å². The van der Waals surface area contributed by atoms with Gasteiger partial charge in [0.25, 0.3) is 0 Å². The molecule has 1 aromatic carbocycles.